The number of hydrogen-bond donors (Lipinski definition) is 2. The number of rotatable bonds is 6. The van der Waals surface area contributed by atoms with Gasteiger partial charge >= 0.3 is 0 Å². The first-order chi connectivity index (χ1) is 15.5. The smallest absolute Gasteiger partial charge is 0.277 e. The van der Waals surface area contributed by atoms with E-state index in [4.69, 9.17) is 5.73 Å². The Kier molecular flexibility index (Phi) is 6.62. The molecule has 0 spiro atoms. The summed E-state index contributed by atoms with van der Waals surface area (Å²) in [5, 5.41) is 1.76. The lowest BCUT2D eigenvalue weighted by Gasteiger charge is -2.22. The van der Waals surface area contributed by atoms with Gasteiger partial charge in [0, 0.05) is 16.5 Å². The molecule has 1 fully saturated rings. The van der Waals surface area contributed by atoms with E-state index in [1.54, 1.807) is 6.07 Å². The van der Waals surface area contributed by atoms with Crippen LogP contribution in [0.3, 0.4) is 0 Å². The summed E-state index contributed by atoms with van der Waals surface area (Å²) in [5.41, 5.74) is 6.75. The average molecular weight is 486 g/mol. The molecular weight excluding hydrogens is 454 g/mol. The summed E-state index contributed by atoms with van der Waals surface area (Å²) in [4.78, 5) is 17.7. The van der Waals surface area contributed by atoms with Gasteiger partial charge in [0.05, 0.1) is 15.5 Å². The number of benzene rings is 2. The molecular formula is C25H31N3O3S2. The van der Waals surface area contributed by atoms with Crippen LogP contribution in [-0.4, -0.2) is 24.8 Å². The number of nitrogens with zero attached hydrogens (tertiary/aromatic N) is 1. The third-order valence-electron chi connectivity index (χ3n) is 5.97. The highest BCUT2D eigenvalue weighted by atomic mass is 32.2. The molecule has 176 valence electrons. The first-order valence-corrected chi connectivity index (χ1v) is 13.7. The second-order valence-corrected chi connectivity index (χ2v) is 12.5. The van der Waals surface area contributed by atoms with Crippen molar-refractivity contribution in [1.29, 1.82) is 0 Å². The van der Waals surface area contributed by atoms with Crippen LogP contribution in [0.25, 0.3) is 21.2 Å². The molecule has 0 aliphatic heterocycles. The van der Waals surface area contributed by atoms with E-state index in [0.717, 1.165) is 27.9 Å². The quantitative estimate of drug-likeness (QED) is 0.497. The maximum Gasteiger partial charge on any atom is 0.277 e. The van der Waals surface area contributed by atoms with Crippen molar-refractivity contribution in [3.05, 3.63) is 47.1 Å². The average Bonchev–Trinajstić information content (AvgIpc) is 3.16. The molecule has 0 saturated heterocycles. The van der Waals surface area contributed by atoms with Gasteiger partial charge in [-0.05, 0) is 44.6 Å². The number of hydrogen-bond acceptors (Lipinski definition) is 5. The summed E-state index contributed by atoms with van der Waals surface area (Å²) >= 11 is 1.30. The van der Waals surface area contributed by atoms with E-state index < -0.39 is 21.5 Å². The SMILES string of the molecule is CC(C)(C)NS(=O)(=O)c1ccc(-c2sc(C(N)=O)nc2CC2CCCCC2)c2ccccc12. The van der Waals surface area contributed by atoms with Crippen molar-refractivity contribution in [3.8, 4) is 10.4 Å². The molecule has 33 heavy (non-hydrogen) atoms. The van der Waals surface area contributed by atoms with Gasteiger partial charge in [0.15, 0.2) is 5.01 Å². The van der Waals surface area contributed by atoms with Crippen molar-refractivity contribution in [2.75, 3.05) is 0 Å². The van der Waals surface area contributed by atoms with Crippen LogP contribution in [-0.2, 0) is 16.4 Å². The Labute approximate surface area is 199 Å². The molecule has 0 atom stereocenters. The number of carbonyl (C=O) groups is 1. The number of nitrogens with one attached hydrogen (secondary N) is 1. The fourth-order valence-electron chi connectivity index (χ4n) is 4.63. The van der Waals surface area contributed by atoms with Gasteiger partial charge in [-0.25, -0.2) is 18.1 Å². The second kappa shape index (κ2) is 9.16. The van der Waals surface area contributed by atoms with E-state index in [0.29, 0.717) is 16.3 Å². The lowest BCUT2D eigenvalue weighted by molar-refractivity contribution is 0.0999. The highest BCUT2D eigenvalue weighted by molar-refractivity contribution is 7.89. The molecule has 6 nitrogen and oxygen atoms in total. The maximum atomic E-state index is 13.2. The third-order valence-corrected chi connectivity index (χ3v) is 8.94. The lowest BCUT2D eigenvalue weighted by Crippen LogP contribution is -2.40. The summed E-state index contributed by atoms with van der Waals surface area (Å²) in [7, 11) is -3.72. The number of fused-ring (bicyclic) bond motifs is 1. The van der Waals surface area contributed by atoms with Gasteiger partial charge < -0.3 is 5.73 Å². The minimum Gasteiger partial charge on any atom is -0.364 e. The van der Waals surface area contributed by atoms with E-state index >= 15 is 0 Å². The summed E-state index contributed by atoms with van der Waals surface area (Å²) in [6.45, 7) is 5.46. The van der Waals surface area contributed by atoms with Crippen molar-refractivity contribution < 1.29 is 13.2 Å². The summed E-state index contributed by atoms with van der Waals surface area (Å²) in [6.07, 6.45) is 6.86. The molecule has 1 heterocycles. The summed E-state index contributed by atoms with van der Waals surface area (Å²) in [5.74, 6) is 0.0104. The number of thiazole rings is 1. The van der Waals surface area contributed by atoms with Gasteiger partial charge in [-0.2, -0.15) is 0 Å². The van der Waals surface area contributed by atoms with E-state index in [1.165, 1.54) is 43.4 Å². The number of primary amides is 1. The standard InChI is InChI=1S/C25H31N3O3S2/c1-25(2,3)28-33(30,31)21-14-13-19(17-11-7-8-12-18(17)21)22-20(27-24(32-22)23(26)29)15-16-9-5-4-6-10-16/h7-8,11-14,16,28H,4-6,9-10,15H2,1-3H3,(H2,26,29). The molecule has 3 N–H and O–H groups in total. The van der Waals surface area contributed by atoms with Gasteiger partial charge in [0.1, 0.15) is 0 Å². The Morgan fingerprint density at radius 2 is 1.76 bits per heavy atom. The maximum absolute atomic E-state index is 13.2. The highest BCUT2D eigenvalue weighted by Gasteiger charge is 2.26. The molecule has 4 rings (SSSR count). The van der Waals surface area contributed by atoms with Crippen LogP contribution in [0.5, 0.6) is 0 Å². The Balaban J connectivity index is 1.85. The Hall–Kier alpha value is -2.29. The monoisotopic (exact) mass is 485 g/mol. The molecule has 1 aromatic heterocycles. The normalized spacial score (nSPS) is 15.7. The molecule has 0 unspecified atom stereocenters. The van der Waals surface area contributed by atoms with Crippen molar-refractivity contribution in [2.45, 2.75) is 69.7 Å². The minimum absolute atomic E-state index is 0.241. The predicted octanol–water partition coefficient (Wildman–Crippen LogP) is 5.26. The van der Waals surface area contributed by atoms with Crippen molar-refractivity contribution in [3.63, 3.8) is 0 Å². The van der Waals surface area contributed by atoms with Gasteiger partial charge in [-0.1, -0.05) is 62.4 Å². The fourth-order valence-corrected chi connectivity index (χ4v) is 7.25. The van der Waals surface area contributed by atoms with Crippen LogP contribution in [0.15, 0.2) is 41.3 Å². The molecule has 0 bridgehead atoms. The topological polar surface area (TPSA) is 102 Å². The van der Waals surface area contributed by atoms with Crippen LogP contribution in [0.2, 0.25) is 0 Å². The van der Waals surface area contributed by atoms with Gasteiger partial charge in [0.25, 0.3) is 5.91 Å². The first kappa shape index (κ1) is 23.9. The lowest BCUT2D eigenvalue weighted by atomic mass is 9.85. The zero-order chi connectivity index (χ0) is 23.8. The Morgan fingerprint density at radius 3 is 2.39 bits per heavy atom. The van der Waals surface area contributed by atoms with Gasteiger partial charge in [-0.3, -0.25) is 4.79 Å². The van der Waals surface area contributed by atoms with Crippen molar-refractivity contribution in [2.24, 2.45) is 11.7 Å². The van der Waals surface area contributed by atoms with Crippen LogP contribution in [0.1, 0.15) is 68.4 Å². The minimum atomic E-state index is -3.72. The number of carbonyl (C=O) groups excluding carboxylic acids is 1. The van der Waals surface area contributed by atoms with Crippen LogP contribution >= 0.6 is 11.3 Å². The first-order valence-electron chi connectivity index (χ1n) is 11.4. The summed E-state index contributed by atoms with van der Waals surface area (Å²) < 4.78 is 29.1. The number of nitrogens with two attached hydrogens (primary N) is 1. The molecule has 2 aromatic carbocycles. The van der Waals surface area contributed by atoms with Crippen LogP contribution in [0, 0.1) is 5.92 Å². The van der Waals surface area contributed by atoms with Crippen molar-refractivity contribution >= 4 is 38.0 Å². The Morgan fingerprint density at radius 1 is 1.09 bits per heavy atom. The molecule has 3 aromatic rings. The zero-order valence-electron chi connectivity index (χ0n) is 19.3. The number of amides is 1. The molecule has 1 saturated carbocycles. The van der Waals surface area contributed by atoms with Crippen LogP contribution < -0.4 is 10.5 Å². The summed E-state index contributed by atoms with van der Waals surface area (Å²) in [6, 6.07) is 11.0. The fraction of sp³-hybridized carbons (Fsp3) is 0.440. The number of sulfonamides is 1. The van der Waals surface area contributed by atoms with E-state index in [1.807, 2.05) is 51.1 Å². The predicted molar refractivity (Wildman–Crippen MR) is 134 cm³/mol. The molecule has 8 heteroatoms. The Bertz CT molecular complexity index is 1280. The number of aromatic nitrogens is 1. The highest BCUT2D eigenvalue weighted by Crippen LogP contribution is 2.40. The van der Waals surface area contributed by atoms with Crippen molar-refractivity contribution in [1.82, 2.24) is 9.71 Å². The van der Waals surface area contributed by atoms with E-state index in [9.17, 15) is 13.2 Å². The van der Waals surface area contributed by atoms with E-state index in [2.05, 4.69) is 9.71 Å². The molecule has 0 radical (unpaired) electrons. The van der Waals surface area contributed by atoms with E-state index in [-0.39, 0.29) is 4.90 Å². The van der Waals surface area contributed by atoms with Crippen LogP contribution in [0.4, 0.5) is 0 Å². The third kappa shape index (κ3) is 5.28. The molecule has 1 aliphatic rings. The second-order valence-electron chi connectivity index (χ2n) is 9.88. The molecule has 1 aliphatic carbocycles. The largest absolute Gasteiger partial charge is 0.364 e. The molecule has 1 amide bonds. The van der Waals surface area contributed by atoms with Gasteiger partial charge in [-0.15, -0.1) is 11.3 Å². The zero-order valence-corrected chi connectivity index (χ0v) is 21.0. The van der Waals surface area contributed by atoms with Gasteiger partial charge in [0.2, 0.25) is 10.0 Å².